The van der Waals surface area contributed by atoms with Gasteiger partial charge >= 0.3 is 5.97 Å². The quantitative estimate of drug-likeness (QED) is 0.879. The van der Waals surface area contributed by atoms with E-state index < -0.39 is 11.6 Å². The number of hydrogen-bond acceptors (Lipinski definition) is 3. The van der Waals surface area contributed by atoms with Crippen LogP contribution in [-0.4, -0.2) is 23.3 Å². The monoisotopic (exact) mass is 266 g/mol. The largest absolute Gasteiger partial charge is 0.496 e. The molecule has 1 aromatic carbocycles. The summed E-state index contributed by atoms with van der Waals surface area (Å²) in [5.41, 5.74) is -0.797. The SMILES string of the molecule is CCC(O)(C(=O)O)c1ccc(OC)c(C(C)(C)C)c1. The first-order valence-corrected chi connectivity index (χ1v) is 6.31. The molecule has 0 saturated carbocycles. The molecule has 0 aromatic heterocycles. The molecular formula is C15H22O4. The first-order valence-electron chi connectivity index (χ1n) is 6.31. The minimum atomic E-state index is -1.85. The maximum absolute atomic E-state index is 11.3. The second kappa shape index (κ2) is 5.21. The highest BCUT2D eigenvalue weighted by Gasteiger charge is 2.37. The van der Waals surface area contributed by atoms with Gasteiger partial charge in [-0.15, -0.1) is 0 Å². The molecule has 0 aliphatic carbocycles. The Labute approximate surface area is 114 Å². The molecule has 0 heterocycles. The lowest BCUT2D eigenvalue weighted by Gasteiger charge is -2.27. The van der Waals surface area contributed by atoms with Crippen LogP contribution in [0.15, 0.2) is 18.2 Å². The second-order valence-corrected chi connectivity index (χ2v) is 5.68. The van der Waals surface area contributed by atoms with Crippen molar-refractivity contribution in [3.63, 3.8) is 0 Å². The van der Waals surface area contributed by atoms with Crippen LogP contribution in [0, 0.1) is 0 Å². The minimum absolute atomic E-state index is 0.109. The summed E-state index contributed by atoms with van der Waals surface area (Å²) in [6.45, 7) is 7.69. The third kappa shape index (κ3) is 2.89. The molecule has 4 nitrogen and oxygen atoms in total. The smallest absolute Gasteiger partial charge is 0.340 e. The number of aliphatic hydroxyl groups is 1. The molecule has 0 aliphatic rings. The molecule has 106 valence electrons. The maximum atomic E-state index is 11.3. The number of ether oxygens (including phenoxy) is 1. The van der Waals surface area contributed by atoms with E-state index >= 15 is 0 Å². The zero-order chi connectivity index (χ0) is 14.8. The van der Waals surface area contributed by atoms with Gasteiger partial charge in [-0.3, -0.25) is 0 Å². The molecule has 1 aromatic rings. The molecule has 0 bridgehead atoms. The summed E-state index contributed by atoms with van der Waals surface area (Å²) in [4.78, 5) is 11.3. The molecule has 4 heteroatoms. The van der Waals surface area contributed by atoms with Crippen LogP contribution in [0.5, 0.6) is 5.75 Å². The highest BCUT2D eigenvalue weighted by Crippen LogP contribution is 2.35. The highest BCUT2D eigenvalue weighted by molar-refractivity contribution is 5.79. The van der Waals surface area contributed by atoms with Gasteiger partial charge in [0.25, 0.3) is 0 Å². The Balaban J connectivity index is 3.45. The molecule has 0 aliphatic heterocycles. The molecule has 0 radical (unpaired) electrons. The third-order valence-corrected chi connectivity index (χ3v) is 3.35. The maximum Gasteiger partial charge on any atom is 0.340 e. The summed E-state index contributed by atoms with van der Waals surface area (Å²) in [7, 11) is 1.58. The summed E-state index contributed by atoms with van der Waals surface area (Å²) in [5.74, 6) is -0.542. The van der Waals surface area contributed by atoms with Crippen LogP contribution in [0.1, 0.15) is 45.2 Å². The van der Waals surface area contributed by atoms with Gasteiger partial charge in [0, 0.05) is 0 Å². The minimum Gasteiger partial charge on any atom is -0.496 e. The second-order valence-electron chi connectivity index (χ2n) is 5.68. The average Bonchev–Trinajstić information content (AvgIpc) is 2.35. The lowest BCUT2D eigenvalue weighted by atomic mass is 9.82. The van der Waals surface area contributed by atoms with Crippen molar-refractivity contribution in [1.29, 1.82) is 0 Å². The van der Waals surface area contributed by atoms with Gasteiger partial charge in [0.1, 0.15) is 5.75 Å². The molecule has 19 heavy (non-hydrogen) atoms. The van der Waals surface area contributed by atoms with Gasteiger partial charge in [0.2, 0.25) is 0 Å². The van der Waals surface area contributed by atoms with Crippen LogP contribution < -0.4 is 4.74 Å². The van der Waals surface area contributed by atoms with Crippen LogP contribution in [-0.2, 0) is 15.8 Å². The molecule has 1 rings (SSSR count). The van der Waals surface area contributed by atoms with E-state index in [-0.39, 0.29) is 11.8 Å². The molecule has 1 unspecified atom stereocenters. The van der Waals surface area contributed by atoms with Gasteiger partial charge in [-0.25, -0.2) is 4.79 Å². The highest BCUT2D eigenvalue weighted by atomic mass is 16.5. The van der Waals surface area contributed by atoms with E-state index in [1.165, 1.54) is 0 Å². The van der Waals surface area contributed by atoms with Gasteiger partial charge in [-0.2, -0.15) is 0 Å². The van der Waals surface area contributed by atoms with Crippen LogP contribution >= 0.6 is 0 Å². The predicted octanol–water partition coefficient (Wildman–Crippen LogP) is 2.67. The fourth-order valence-electron chi connectivity index (χ4n) is 2.03. The van der Waals surface area contributed by atoms with Gasteiger partial charge in [-0.1, -0.05) is 33.8 Å². The van der Waals surface area contributed by atoms with Crippen molar-refractivity contribution in [3.8, 4) is 5.75 Å². The van der Waals surface area contributed by atoms with E-state index in [1.54, 1.807) is 32.2 Å². The molecular weight excluding hydrogens is 244 g/mol. The Morgan fingerprint density at radius 2 is 1.89 bits per heavy atom. The molecule has 1 atom stereocenters. The fourth-order valence-corrected chi connectivity index (χ4v) is 2.03. The normalized spacial score (nSPS) is 14.8. The van der Waals surface area contributed by atoms with E-state index in [1.807, 2.05) is 20.8 Å². The van der Waals surface area contributed by atoms with Crippen LogP contribution in [0.25, 0.3) is 0 Å². The Hall–Kier alpha value is -1.55. The summed E-state index contributed by atoms with van der Waals surface area (Å²) < 4.78 is 5.30. The standard InChI is InChI=1S/C15H22O4/c1-6-15(18,13(16)17)10-7-8-12(19-5)11(9-10)14(2,3)4/h7-9,18H,6H2,1-5H3,(H,16,17). The molecule has 0 saturated heterocycles. The summed E-state index contributed by atoms with van der Waals surface area (Å²) in [5, 5.41) is 19.5. The number of rotatable bonds is 4. The third-order valence-electron chi connectivity index (χ3n) is 3.35. The Bertz CT molecular complexity index is 474. The molecule has 0 spiro atoms. The van der Waals surface area contributed by atoms with Crippen LogP contribution in [0.3, 0.4) is 0 Å². The summed E-state index contributed by atoms with van der Waals surface area (Å²) >= 11 is 0. The number of methoxy groups -OCH3 is 1. The Morgan fingerprint density at radius 3 is 2.26 bits per heavy atom. The summed E-state index contributed by atoms with van der Waals surface area (Å²) in [6.07, 6.45) is 0.109. The van der Waals surface area contributed by atoms with Crippen molar-refractivity contribution in [3.05, 3.63) is 29.3 Å². The van der Waals surface area contributed by atoms with Crippen LogP contribution in [0.2, 0.25) is 0 Å². The fraction of sp³-hybridized carbons (Fsp3) is 0.533. The van der Waals surface area contributed by atoms with E-state index in [4.69, 9.17) is 4.74 Å². The number of carboxylic acid groups (broad SMARTS) is 1. The average molecular weight is 266 g/mol. The number of carbonyl (C=O) groups is 1. The predicted molar refractivity (Wildman–Crippen MR) is 73.5 cm³/mol. The van der Waals surface area contributed by atoms with Crippen molar-refractivity contribution in [1.82, 2.24) is 0 Å². The van der Waals surface area contributed by atoms with Gasteiger partial charge < -0.3 is 14.9 Å². The zero-order valence-electron chi connectivity index (χ0n) is 12.2. The van der Waals surface area contributed by atoms with Crippen molar-refractivity contribution >= 4 is 5.97 Å². The number of carboxylic acids is 1. The Morgan fingerprint density at radius 1 is 1.32 bits per heavy atom. The van der Waals surface area contributed by atoms with Gasteiger partial charge in [-0.05, 0) is 35.1 Å². The van der Waals surface area contributed by atoms with Crippen LogP contribution in [0.4, 0.5) is 0 Å². The number of hydrogen-bond donors (Lipinski definition) is 2. The first kappa shape index (κ1) is 15.5. The lowest BCUT2D eigenvalue weighted by molar-refractivity contribution is -0.160. The summed E-state index contributed by atoms with van der Waals surface area (Å²) in [6, 6.07) is 5.03. The Kier molecular flexibility index (Phi) is 4.25. The molecule has 0 fully saturated rings. The van der Waals surface area contributed by atoms with E-state index in [0.717, 1.165) is 5.56 Å². The first-order chi connectivity index (χ1) is 8.66. The van der Waals surface area contributed by atoms with Gasteiger partial charge in [0.15, 0.2) is 5.60 Å². The topological polar surface area (TPSA) is 66.8 Å². The van der Waals surface area contributed by atoms with Crippen molar-refractivity contribution < 1.29 is 19.7 Å². The molecule has 0 amide bonds. The number of aliphatic carboxylic acids is 1. The number of benzene rings is 1. The van der Waals surface area contributed by atoms with Crippen molar-refractivity contribution in [2.75, 3.05) is 7.11 Å². The van der Waals surface area contributed by atoms with Gasteiger partial charge in [0.05, 0.1) is 7.11 Å². The zero-order valence-corrected chi connectivity index (χ0v) is 12.2. The van der Waals surface area contributed by atoms with Crippen molar-refractivity contribution in [2.45, 2.75) is 45.1 Å². The molecule has 2 N–H and O–H groups in total. The van der Waals surface area contributed by atoms with E-state index in [2.05, 4.69) is 0 Å². The van der Waals surface area contributed by atoms with E-state index in [0.29, 0.717) is 11.3 Å². The lowest BCUT2D eigenvalue weighted by Crippen LogP contribution is -2.35. The van der Waals surface area contributed by atoms with Crippen molar-refractivity contribution in [2.24, 2.45) is 0 Å². The van der Waals surface area contributed by atoms with E-state index in [9.17, 15) is 15.0 Å².